The molecular formula is C20H15N. The van der Waals surface area contributed by atoms with Crippen molar-refractivity contribution in [3.8, 4) is 11.1 Å². The summed E-state index contributed by atoms with van der Waals surface area (Å²) in [6.07, 6.45) is 0. The Morgan fingerprint density at radius 2 is 1.29 bits per heavy atom. The van der Waals surface area contributed by atoms with Gasteiger partial charge < -0.3 is 5.73 Å². The van der Waals surface area contributed by atoms with Crippen LogP contribution in [0.1, 0.15) is 0 Å². The molecule has 0 heterocycles. The number of nitrogens with two attached hydrogens (primary N) is 1. The zero-order valence-corrected chi connectivity index (χ0v) is 11.6. The number of hydrogen-bond acceptors (Lipinski definition) is 1. The SMILES string of the molecule is Nc1cccc2cccc(-c3ccc4ccccc4c3)c12. The molecule has 0 atom stereocenters. The summed E-state index contributed by atoms with van der Waals surface area (Å²) >= 11 is 0. The Morgan fingerprint density at radius 1 is 0.571 bits per heavy atom. The standard InChI is InChI=1S/C20H15N/c21-19-10-4-8-15-7-3-9-18(20(15)19)17-12-11-14-5-1-2-6-16(14)13-17/h1-13H,21H2. The van der Waals surface area contributed by atoms with Crippen molar-refractivity contribution in [3.63, 3.8) is 0 Å². The molecule has 0 spiro atoms. The molecule has 4 aromatic rings. The summed E-state index contributed by atoms with van der Waals surface area (Å²) in [5.41, 5.74) is 9.43. The lowest BCUT2D eigenvalue weighted by molar-refractivity contribution is 1.67. The van der Waals surface area contributed by atoms with Crippen molar-refractivity contribution >= 4 is 27.2 Å². The molecule has 0 saturated carbocycles. The van der Waals surface area contributed by atoms with E-state index in [9.17, 15) is 0 Å². The maximum atomic E-state index is 6.21. The highest BCUT2D eigenvalue weighted by molar-refractivity contribution is 6.05. The predicted molar refractivity (Wildman–Crippen MR) is 91.3 cm³/mol. The number of rotatable bonds is 1. The molecular weight excluding hydrogens is 254 g/mol. The van der Waals surface area contributed by atoms with Gasteiger partial charge in [-0.1, -0.05) is 66.7 Å². The average Bonchev–Trinajstić information content (AvgIpc) is 2.54. The van der Waals surface area contributed by atoms with E-state index in [2.05, 4.69) is 66.7 Å². The van der Waals surface area contributed by atoms with E-state index in [0.717, 1.165) is 11.1 Å². The number of nitrogen functional groups attached to an aromatic ring is 1. The maximum Gasteiger partial charge on any atom is 0.0400 e. The van der Waals surface area contributed by atoms with Crippen molar-refractivity contribution < 1.29 is 0 Å². The second kappa shape index (κ2) is 4.64. The van der Waals surface area contributed by atoms with Gasteiger partial charge in [0.25, 0.3) is 0 Å². The highest BCUT2D eigenvalue weighted by atomic mass is 14.5. The van der Waals surface area contributed by atoms with Gasteiger partial charge in [0.2, 0.25) is 0 Å². The van der Waals surface area contributed by atoms with E-state index in [4.69, 9.17) is 5.73 Å². The van der Waals surface area contributed by atoms with Gasteiger partial charge in [-0.05, 0) is 39.4 Å². The molecule has 100 valence electrons. The first-order valence-electron chi connectivity index (χ1n) is 7.09. The molecule has 21 heavy (non-hydrogen) atoms. The second-order valence-electron chi connectivity index (χ2n) is 5.31. The fourth-order valence-electron chi connectivity index (χ4n) is 2.97. The molecule has 1 nitrogen and oxygen atoms in total. The predicted octanol–water partition coefficient (Wildman–Crippen LogP) is 5.24. The largest absolute Gasteiger partial charge is 0.398 e. The molecule has 0 aromatic heterocycles. The molecule has 1 heteroatoms. The second-order valence-corrected chi connectivity index (χ2v) is 5.31. The number of hydrogen-bond donors (Lipinski definition) is 1. The van der Waals surface area contributed by atoms with Crippen molar-refractivity contribution in [2.45, 2.75) is 0 Å². The molecule has 0 aliphatic rings. The van der Waals surface area contributed by atoms with Crippen molar-refractivity contribution in [3.05, 3.63) is 78.9 Å². The molecule has 0 unspecified atom stereocenters. The van der Waals surface area contributed by atoms with Gasteiger partial charge in [-0.15, -0.1) is 0 Å². The Bertz CT molecular complexity index is 949. The summed E-state index contributed by atoms with van der Waals surface area (Å²) in [6.45, 7) is 0. The van der Waals surface area contributed by atoms with Crippen LogP contribution in [0.3, 0.4) is 0 Å². The van der Waals surface area contributed by atoms with Gasteiger partial charge in [-0.25, -0.2) is 0 Å². The molecule has 0 saturated heterocycles. The van der Waals surface area contributed by atoms with E-state index in [-0.39, 0.29) is 0 Å². The third-order valence-corrected chi connectivity index (χ3v) is 4.00. The van der Waals surface area contributed by atoms with Gasteiger partial charge in [0.15, 0.2) is 0 Å². The lowest BCUT2D eigenvalue weighted by Gasteiger charge is -2.10. The Morgan fingerprint density at radius 3 is 2.14 bits per heavy atom. The van der Waals surface area contributed by atoms with Gasteiger partial charge in [-0.3, -0.25) is 0 Å². The number of benzene rings is 4. The topological polar surface area (TPSA) is 26.0 Å². The molecule has 0 radical (unpaired) electrons. The van der Waals surface area contributed by atoms with E-state index in [1.54, 1.807) is 0 Å². The summed E-state index contributed by atoms with van der Waals surface area (Å²) in [5.74, 6) is 0. The summed E-state index contributed by atoms with van der Waals surface area (Å²) in [7, 11) is 0. The van der Waals surface area contributed by atoms with Gasteiger partial charge in [0.1, 0.15) is 0 Å². The summed E-state index contributed by atoms with van der Waals surface area (Å²) < 4.78 is 0. The van der Waals surface area contributed by atoms with Crippen molar-refractivity contribution in [2.24, 2.45) is 0 Å². The highest BCUT2D eigenvalue weighted by Gasteiger charge is 2.07. The van der Waals surface area contributed by atoms with E-state index in [0.29, 0.717) is 0 Å². The molecule has 0 aliphatic heterocycles. The fraction of sp³-hybridized carbons (Fsp3) is 0. The lowest BCUT2D eigenvalue weighted by Crippen LogP contribution is -1.89. The number of fused-ring (bicyclic) bond motifs is 2. The van der Waals surface area contributed by atoms with E-state index >= 15 is 0 Å². The minimum atomic E-state index is 0.830. The Kier molecular flexibility index (Phi) is 2.65. The van der Waals surface area contributed by atoms with E-state index < -0.39 is 0 Å². The van der Waals surface area contributed by atoms with Gasteiger partial charge in [0.05, 0.1) is 0 Å². The first-order chi connectivity index (χ1) is 10.3. The van der Waals surface area contributed by atoms with Gasteiger partial charge >= 0.3 is 0 Å². The zero-order chi connectivity index (χ0) is 14.2. The smallest absolute Gasteiger partial charge is 0.0400 e. The minimum absolute atomic E-state index is 0.830. The van der Waals surface area contributed by atoms with Crippen LogP contribution in [-0.2, 0) is 0 Å². The molecule has 4 aromatic carbocycles. The zero-order valence-electron chi connectivity index (χ0n) is 11.6. The van der Waals surface area contributed by atoms with Crippen LogP contribution in [0, 0.1) is 0 Å². The van der Waals surface area contributed by atoms with Crippen molar-refractivity contribution in [1.29, 1.82) is 0 Å². The fourth-order valence-corrected chi connectivity index (χ4v) is 2.97. The van der Waals surface area contributed by atoms with Crippen LogP contribution in [0.2, 0.25) is 0 Å². The van der Waals surface area contributed by atoms with Crippen LogP contribution in [0.15, 0.2) is 78.9 Å². The van der Waals surface area contributed by atoms with Crippen LogP contribution in [0.4, 0.5) is 5.69 Å². The highest BCUT2D eigenvalue weighted by Crippen LogP contribution is 2.33. The van der Waals surface area contributed by atoms with E-state index in [1.165, 1.54) is 27.3 Å². The van der Waals surface area contributed by atoms with Crippen molar-refractivity contribution in [2.75, 3.05) is 5.73 Å². The summed E-state index contributed by atoms with van der Waals surface area (Å²) in [5, 5.41) is 4.83. The Balaban J connectivity index is 2.04. The van der Waals surface area contributed by atoms with Crippen LogP contribution in [0.25, 0.3) is 32.7 Å². The third-order valence-electron chi connectivity index (χ3n) is 4.00. The molecule has 0 amide bonds. The summed E-state index contributed by atoms with van der Waals surface area (Å²) in [4.78, 5) is 0. The monoisotopic (exact) mass is 269 g/mol. The normalized spacial score (nSPS) is 11.0. The van der Waals surface area contributed by atoms with E-state index in [1.807, 2.05) is 12.1 Å². The van der Waals surface area contributed by atoms with Gasteiger partial charge in [0, 0.05) is 11.1 Å². The third kappa shape index (κ3) is 1.95. The lowest BCUT2D eigenvalue weighted by atomic mass is 9.95. The molecule has 4 rings (SSSR count). The Labute approximate surface area is 123 Å². The molecule has 2 N–H and O–H groups in total. The molecule has 0 bridgehead atoms. The van der Waals surface area contributed by atoms with Gasteiger partial charge in [-0.2, -0.15) is 0 Å². The van der Waals surface area contributed by atoms with Crippen LogP contribution < -0.4 is 5.73 Å². The maximum absolute atomic E-state index is 6.21. The van der Waals surface area contributed by atoms with Crippen LogP contribution >= 0.6 is 0 Å². The molecule has 0 aliphatic carbocycles. The minimum Gasteiger partial charge on any atom is -0.398 e. The molecule has 0 fully saturated rings. The quantitative estimate of drug-likeness (QED) is 0.470. The van der Waals surface area contributed by atoms with Crippen LogP contribution in [0.5, 0.6) is 0 Å². The average molecular weight is 269 g/mol. The summed E-state index contributed by atoms with van der Waals surface area (Å²) in [6, 6.07) is 27.4. The van der Waals surface area contributed by atoms with Crippen molar-refractivity contribution in [1.82, 2.24) is 0 Å². The number of anilines is 1. The Hall–Kier alpha value is -2.80. The first kappa shape index (κ1) is 12.0. The first-order valence-corrected chi connectivity index (χ1v) is 7.09. The van der Waals surface area contributed by atoms with Crippen LogP contribution in [-0.4, -0.2) is 0 Å².